The van der Waals surface area contributed by atoms with Gasteiger partial charge < -0.3 is 5.32 Å². The molecule has 0 aliphatic rings. The lowest BCUT2D eigenvalue weighted by Crippen LogP contribution is -2.09. The van der Waals surface area contributed by atoms with Crippen LogP contribution in [0, 0.1) is 12.7 Å². The quantitative estimate of drug-likeness (QED) is 0.897. The summed E-state index contributed by atoms with van der Waals surface area (Å²) in [5.74, 6) is -0.248. The van der Waals surface area contributed by atoms with Crippen molar-refractivity contribution < 1.29 is 4.39 Å². The maximum absolute atomic E-state index is 13.3. The first-order chi connectivity index (χ1) is 9.56. The van der Waals surface area contributed by atoms with E-state index in [0.29, 0.717) is 11.6 Å². The summed E-state index contributed by atoms with van der Waals surface area (Å²) < 4.78 is 15.2. The molecule has 0 aliphatic carbocycles. The Bertz CT molecular complexity index is 607. The number of anilines is 1. The molecule has 2 rings (SSSR count). The molecule has 0 spiro atoms. The zero-order chi connectivity index (χ0) is 14.7. The molecule has 108 valence electrons. The molecule has 1 aromatic carbocycles. The van der Waals surface area contributed by atoms with Crippen LogP contribution in [0.1, 0.15) is 30.8 Å². The zero-order valence-electron chi connectivity index (χ0n) is 12.0. The number of aryl methyl sites for hydroxylation is 3. The molecule has 0 unspecified atom stereocenters. The summed E-state index contributed by atoms with van der Waals surface area (Å²) in [6.07, 6.45) is 0.803. The normalized spacial score (nSPS) is 10.8. The van der Waals surface area contributed by atoms with Crippen LogP contribution in [0.2, 0.25) is 5.02 Å². The number of rotatable bonds is 5. The van der Waals surface area contributed by atoms with Gasteiger partial charge in [0.2, 0.25) is 0 Å². The maximum atomic E-state index is 13.3. The summed E-state index contributed by atoms with van der Waals surface area (Å²) in [5.41, 5.74) is 3.62. The second kappa shape index (κ2) is 6.27. The first kappa shape index (κ1) is 14.9. The van der Waals surface area contributed by atoms with Gasteiger partial charge in [0, 0.05) is 12.2 Å². The van der Waals surface area contributed by atoms with Crippen molar-refractivity contribution in [3.63, 3.8) is 0 Å². The minimum absolute atomic E-state index is 0.248. The van der Waals surface area contributed by atoms with Crippen LogP contribution in [0.5, 0.6) is 0 Å². The zero-order valence-corrected chi connectivity index (χ0v) is 12.8. The highest BCUT2D eigenvalue weighted by Gasteiger charge is 2.14. The van der Waals surface area contributed by atoms with Crippen molar-refractivity contribution in [3.05, 3.63) is 46.0 Å². The van der Waals surface area contributed by atoms with E-state index in [0.717, 1.165) is 35.6 Å². The van der Waals surface area contributed by atoms with Crippen LogP contribution in [-0.2, 0) is 19.5 Å². The van der Waals surface area contributed by atoms with E-state index < -0.39 is 0 Å². The van der Waals surface area contributed by atoms with Crippen molar-refractivity contribution in [2.24, 2.45) is 0 Å². The third-order valence-corrected chi connectivity index (χ3v) is 3.78. The highest BCUT2D eigenvalue weighted by atomic mass is 35.5. The largest absolute Gasteiger partial charge is 0.379 e. The van der Waals surface area contributed by atoms with Gasteiger partial charge in [0.25, 0.3) is 0 Å². The Morgan fingerprint density at radius 2 is 2.10 bits per heavy atom. The summed E-state index contributed by atoms with van der Waals surface area (Å²) in [4.78, 5) is 0. The molecule has 1 aromatic heterocycles. The number of hydrogen-bond donors (Lipinski definition) is 1. The van der Waals surface area contributed by atoms with Crippen molar-refractivity contribution in [2.45, 2.75) is 40.3 Å². The number of benzene rings is 1. The first-order valence-corrected chi connectivity index (χ1v) is 7.18. The Kier molecular flexibility index (Phi) is 4.65. The minimum atomic E-state index is -0.248. The molecule has 0 aliphatic heterocycles. The number of nitrogens with one attached hydrogen (secondary N) is 1. The van der Waals surface area contributed by atoms with Crippen molar-refractivity contribution in [1.29, 1.82) is 0 Å². The molecule has 3 nitrogen and oxygen atoms in total. The number of halogens is 2. The smallest absolute Gasteiger partial charge is 0.125 e. The molecule has 0 radical (unpaired) electrons. The molecule has 0 atom stereocenters. The van der Waals surface area contributed by atoms with Gasteiger partial charge in [-0.15, -0.1) is 0 Å². The van der Waals surface area contributed by atoms with Gasteiger partial charge in [0.05, 0.1) is 23.0 Å². The van der Waals surface area contributed by atoms with Gasteiger partial charge in [-0.05, 0) is 38.0 Å². The van der Waals surface area contributed by atoms with E-state index in [4.69, 9.17) is 11.6 Å². The fourth-order valence-electron chi connectivity index (χ4n) is 2.15. The molecule has 5 heteroatoms. The van der Waals surface area contributed by atoms with Gasteiger partial charge in [0.15, 0.2) is 0 Å². The summed E-state index contributed by atoms with van der Waals surface area (Å²) in [6, 6.07) is 4.71. The van der Waals surface area contributed by atoms with Crippen LogP contribution < -0.4 is 5.32 Å². The maximum Gasteiger partial charge on any atom is 0.125 e. The molecule has 0 bridgehead atoms. The van der Waals surface area contributed by atoms with E-state index >= 15 is 0 Å². The number of nitrogens with zero attached hydrogens (tertiary/aromatic N) is 2. The van der Waals surface area contributed by atoms with Crippen LogP contribution in [0.25, 0.3) is 0 Å². The molecule has 1 N–H and O–H groups in total. The summed E-state index contributed by atoms with van der Waals surface area (Å²) in [6.45, 7) is 7.29. The van der Waals surface area contributed by atoms with Gasteiger partial charge in [-0.25, -0.2) is 4.39 Å². The second-order valence-corrected chi connectivity index (χ2v) is 5.07. The monoisotopic (exact) mass is 295 g/mol. The van der Waals surface area contributed by atoms with E-state index in [1.807, 2.05) is 25.5 Å². The fourth-order valence-corrected chi connectivity index (χ4v) is 2.49. The van der Waals surface area contributed by atoms with Gasteiger partial charge in [-0.3, -0.25) is 4.68 Å². The second-order valence-electron chi connectivity index (χ2n) is 4.69. The lowest BCUT2D eigenvalue weighted by molar-refractivity contribution is 0.618. The molecular weight excluding hydrogens is 277 g/mol. The van der Waals surface area contributed by atoms with E-state index in [2.05, 4.69) is 10.4 Å². The summed E-state index contributed by atoms with van der Waals surface area (Å²) >= 11 is 6.35. The Hall–Kier alpha value is -1.55. The molecule has 20 heavy (non-hydrogen) atoms. The molecule has 2 aromatic rings. The number of hydrogen-bond acceptors (Lipinski definition) is 2. The van der Waals surface area contributed by atoms with Crippen LogP contribution in [0.3, 0.4) is 0 Å². The molecule has 0 saturated carbocycles. The summed E-state index contributed by atoms with van der Waals surface area (Å²) in [5, 5.41) is 8.41. The number of aromatic nitrogens is 2. The Labute approximate surface area is 123 Å². The first-order valence-electron chi connectivity index (χ1n) is 6.80. The van der Waals surface area contributed by atoms with Crippen LogP contribution >= 0.6 is 11.6 Å². The molecule has 1 heterocycles. The topological polar surface area (TPSA) is 29.9 Å². The van der Waals surface area contributed by atoms with Crippen molar-refractivity contribution in [3.8, 4) is 0 Å². The predicted molar refractivity (Wildman–Crippen MR) is 80.8 cm³/mol. The Morgan fingerprint density at radius 1 is 1.35 bits per heavy atom. The third kappa shape index (κ3) is 2.96. The minimum Gasteiger partial charge on any atom is -0.379 e. The van der Waals surface area contributed by atoms with E-state index in [9.17, 15) is 4.39 Å². The van der Waals surface area contributed by atoms with Gasteiger partial charge >= 0.3 is 0 Å². The third-order valence-electron chi connectivity index (χ3n) is 3.34. The standard InChI is InChI=1S/C15H19ClFN3/c1-4-12-15(16)14(20(5-2)19-12)9-18-13-8-11(17)7-6-10(13)3/h6-8,18H,4-5,9H2,1-3H3. The highest BCUT2D eigenvalue weighted by Crippen LogP contribution is 2.24. The van der Waals surface area contributed by atoms with Gasteiger partial charge in [0.1, 0.15) is 5.82 Å². The lowest BCUT2D eigenvalue weighted by Gasteiger charge is -2.11. The van der Waals surface area contributed by atoms with E-state index in [-0.39, 0.29) is 5.82 Å². The molecule has 0 saturated heterocycles. The molecular formula is C15H19ClFN3. The average Bonchev–Trinajstić information content (AvgIpc) is 2.75. The van der Waals surface area contributed by atoms with E-state index in [1.165, 1.54) is 12.1 Å². The van der Waals surface area contributed by atoms with Gasteiger partial charge in [-0.2, -0.15) is 5.10 Å². The van der Waals surface area contributed by atoms with Crippen LogP contribution in [0.4, 0.5) is 10.1 Å². The van der Waals surface area contributed by atoms with Crippen LogP contribution in [-0.4, -0.2) is 9.78 Å². The van der Waals surface area contributed by atoms with E-state index in [1.54, 1.807) is 6.07 Å². The highest BCUT2D eigenvalue weighted by molar-refractivity contribution is 6.31. The average molecular weight is 296 g/mol. The predicted octanol–water partition coefficient (Wildman–Crippen LogP) is 4.18. The summed E-state index contributed by atoms with van der Waals surface area (Å²) in [7, 11) is 0. The van der Waals surface area contributed by atoms with Crippen LogP contribution in [0.15, 0.2) is 18.2 Å². The van der Waals surface area contributed by atoms with Crippen molar-refractivity contribution >= 4 is 17.3 Å². The molecule has 0 amide bonds. The Morgan fingerprint density at radius 3 is 2.75 bits per heavy atom. The SMILES string of the molecule is CCc1nn(CC)c(CNc2cc(F)ccc2C)c1Cl. The molecule has 0 fully saturated rings. The Balaban J connectivity index is 2.22. The lowest BCUT2D eigenvalue weighted by atomic mass is 10.2. The fraction of sp³-hybridized carbons (Fsp3) is 0.400. The van der Waals surface area contributed by atoms with Crippen molar-refractivity contribution in [1.82, 2.24) is 9.78 Å². The van der Waals surface area contributed by atoms with Crippen molar-refractivity contribution in [2.75, 3.05) is 5.32 Å². The van der Waals surface area contributed by atoms with Gasteiger partial charge in [-0.1, -0.05) is 24.6 Å².